The Labute approximate surface area is 141 Å². The van der Waals surface area contributed by atoms with Crippen LogP contribution in [0, 0.1) is 0 Å². The van der Waals surface area contributed by atoms with E-state index in [-0.39, 0.29) is 5.25 Å². The van der Waals surface area contributed by atoms with Gasteiger partial charge < -0.3 is 14.2 Å². The van der Waals surface area contributed by atoms with Gasteiger partial charge in [-0.3, -0.25) is 4.98 Å². The Bertz CT molecular complexity index is 708. The zero-order valence-electron chi connectivity index (χ0n) is 13.9. The Morgan fingerprint density at radius 3 is 2.70 bits per heavy atom. The number of nitrogens with one attached hydrogen (secondary N) is 1. The van der Waals surface area contributed by atoms with Gasteiger partial charge in [-0.05, 0) is 50.1 Å². The number of allylic oxidation sites excluding steroid dienone is 1. The summed E-state index contributed by atoms with van der Waals surface area (Å²) in [5.41, 5.74) is 1.08. The minimum absolute atomic E-state index is 0.201. The van der Waals surface area contributed by atoms with Gasteiger partial charge in [-0.15, -0.1) is 0 Å². The van der Waals surface area contributed by atoms with Gasteiger partial charge in [0.25, 0.3) is 0 Å². The summed E-state index contributed by atoms with van der Waals surface area (Å²) < 4.78 is 14.1. The lowest BCUT2D eigenvalue weighted by atomic mass is 10.1. The molecule has 1 N–H and O–H groups in total. The fraction of sp³-hybridized carbons (Fsp3) is 0.278. The number of pyridine rings is 1. The third-order valence-corrected chi connectivity index (χ3v) is 4.21. The molecule has 0 saturated carbocycles. The second kappa shape index (κ2) is 8.48. The van der Waals surface area contributed by atoms with E-state index in [1.807, 2.05) is 37.4 Å². The standard InChI is InChI=1S/C18H22N2O2S/c1-5-17(21-3)18(22-4)11-13(2)23-20-16-8-6-7-14-12-19-10-9-15(14)16/h5-13,20H,1-4H3/b17-5+,18-11+. The zero-order chi connectivity index (χ0) is 16.7. The molecule has 0 bridgehead atoms. The molecule has 0 aliphatic heterocycles. The van der Waals surface area contributed by atoms with Crippen molar-refractivity contribution in [1.82, 2.24) is 4.98 Å². The van der Waals surface area contributed by atoms with E-state index in [9.17, 15) is 0 Å². The van der Waals surface area contributed by atoms with Crippen molar-refractivity contribution in [3.05, 3.63) is 60.3 Å². The lowest BCUT2D eigenvalue weighted by Crippen LogP contribution is -2.03. The van der Waals surface area contributed by atoms with Crippen molar-refractivity contribution in [3.8, 4) is 0 Å². The van der Waals surface area contributed by atoms with E-state index in [2.05, 4.69) is 28.8 Å². The number of hydrogen-bond acceptors (Lipinski definition) is 5. The zero-order valence-corrected chi connectivity index (χ0v) is 14.7. The number of hydrogen-bond donors (Lipinski definition) is 1. The third kappa shape index (κ3) is 4.42. The van der Waals surface area contributed by atoms with E-state index in [0.717, 1.165) is 28.0 Å². The molecule has 0 fully saturated rings. The van der Waals surface area contributed by atoms with Gasteiger partial charge in [0.15, 0.2) is 11.5 Å². The van der Waals surface area contributed by atoms with Gasteiger partial charge in [-0.1, -0.05) is 12.1 Å². The summed E-state index contributed by atoms with van der Waals surface area (Å²) >= 11 is 1.62. The molecule has 0 radical (unpaired) electrons. The predicted molar refractivity (Wildman–Crippen MR) is 98.3 cm³/mol. The highest BCUT2D eigenvalue weighted by atomic mass is 32.2. The topological polar surface area (TPSA) is 43.4 Å². The highest BCUT2D eigenvalue weighted by molar-refractivity contribution is 8.01. The second-order valence-electron chi connectivity index (χ2n) is 4.92. The van der Waals surface area contributed by atoms with Crippen molar-refractivity contribution in [1.29, 1.82) is 0 Å². The van der Waals surface area contributed by atoms with Crippen LogP contribution in [-0.2, 0) is 9.47 Å². The van der Waals surface area contributed by atoms with E-state index in [0.29, 0.717) is 0 Å². The summed E-state index contributed by atoms with van der Waals surface area (Å²) in [6.45, 7) is 4.03. The quantitative estimate of drug-likeness (QED) is 0.450. The molecule has 4 nitrogen and oxygen atoms in total. The van der Waals surface area contributed by atoms with Crippen LogP contribution in [0.3, 0.4) is 0 Å². The maximum atomic E-state index is 5.41. The molecule has 2 aromatic rings. The average molecular weight is 330 g/mol. The van der Waals surface area contributed by atoms with Crippen LogP contribution in [0.5, 0.6) is 0 Å². The molecule has 5 heteroatoms. The van der Waals surface area contributed by atoms with E-state index < -0.39 is 0 Å². The van der Waals surface area contributed by atoms with E-state index in [4.69, 9.17) is 9.47 Å². The van der Waals surface area contributed by atoms with Gasteiger partial charge in [0.05, 0.1) is 19.9 Å². The van der Waals surface area contributed by atoms with Crippen molar-refractivity contribution in [2.24, 2.45) is 0 Å². The van der Waals surface area contributed by atoms with Crippen LogP contribution in [0.15, 0.2) is 60.3 Å². The van der Waals surface area contributed by atoms with E-state index in [1.54, 1.807) is 32.4 Å². The van der Waals surface area contributed by atoms with Gasteiger partial charge in [0.2, 0.25) is 0 Å². The smallest absolute Gasteiger partial charge is 0.157 e. The molecule has 122 valence electrons. The van der Waals surface area contributed by atoms with Crippen molar-refractivity contribution < 1.29 is 9.47 Å². The first-order valence-corrected chi connectivity index (χ1v) is 8.28. The molecular weight excluding hydrogens is 308 g/mol. The van der Waals surface area contributed by atoms with Crippen LogP contribution >= 0.6 is 11.9 Å². The average Bonchev–Trinajstić information content (AvgIpc) is 2.60. The Morgan fingerprint density at radius 1 is 1.22 bits per heavy atom. The monoisotopic (exact) mass is 330 g/mol. The van der Waals surface area contributed by atoms with Crippen LogP contribution < -0.4 is 4.72 Å². The molecule has 1 atom stereocenters. The Morgan fingerprint density at radius 2 is 2.00 bits per heavy atom. The Balaban J connectivity index is 2.10. The molecule has 1 aromatic heterocycles. The summed E-state index contributed by atoms with van der Waals surface area (Å²) in [7, 11) is 3.29. The molecule has 1 heterocycles. The van der Waals surface area contributed by atoms with E-state index >= 15 is 0 Å². The number of anilines is 1. The first kappa shape index (κ1) is 17.2. The third-order valence-electron chi connectivity index (χ3n) is 3.37. The lowest BCUT2D eigenvalue weighted by Gasteiger charge is -2.14. The molecule has 23 heavy (non-hydrogen) atoms. The molecule has 2 rings (SSSR count). The molecule has 0 aliphatic rings. The normalized spacial score (nSPS) is 13.7. The molecule has 0 aliphatic carbocycles. The highest BCUT2D eigenvalue weighted by Gasteiger charge is 2.09. The van der Waals surface area contributed by atoms with Crippen LogP contribution in [0.25, 0.3) is 10.8 Å². The maximum Gasteiger partial charge on any atom is 0.157 e. The summed E-state index contributed by atoms with van der Waals surface area (Å²) in [5, 5.41) is 2.48. The van der Waals surface area contributed by atoms with Gasteiger partial charge in [0, 0.05) is 28.4 Å². The number of fused-ring (bicyclic) bond motifs is 1. The number of aromatic nitrogens is 1. The van der Waals surface area contributed by atoms with Crippen molar-refractivity contribution in [3.63, 3.8) is 0 Å². The summed E-state index contributed by atoms with van der Waals surface area (Å²) in [5.74, 6) is 1.47. The molecular formula is C18H22N2O2S. The van der Waals surface area contributed by atoms with E-state index in [1.165, 1.54) is 0 Å². The molecule has 0 amide bonds. The fourth-order valence-corrected chi connectivity index (χ4v) is 2.91. The van der Waals surface area contributed by atoms with Gasteiger partial charge in [-0.2, -0.15) is 0 Å². The predicted octanol–water partition coefficient (Wildman–Crippen LogP) is 4.76. The molecule has 1 aromatic carbocycles. The Hall–Kier alpha value is -2.14. The van der Waals surface area contributed by atoms with Gasteiger partial charge >= 0.3 is 0 Å². The first-order chi connectivity index (χ1) is 11.2. The van der Waals surface area contributed by atoms with Gasteiger partial charge in [0.1, 0.15) is 0 Å². The second-order valence-corrected chi connectivity index (χ2v) is 6.10. The van der Waals surface area contributed by atoms with Crippen LogP contribution in [-0.4, -0.2) is 24.5 Å². The Kier molecular flexibility index (Phi) is 6.35. The van der Waals surface area contributed by atoms with Gasteiger partial charge in [-0.25, -0.2) is 0 Å². The van der Waals surface area contributed by atoms with Crippen molar-refractivity contribution in [2.45, 2.75) is 19.1 Å². The number of rotatable bonds is 7. The molecule has 0 spiro atoms. The first-order valence-electron chi connectivity index (χ1n) is 7.40. The fourth-order valence-electron chi connectivity index (χ4n) is 2.23. The highest BCUT2D eigenvalue weighted by Crippen LogP contribution is 2.27. The largest absolute Gasteiger partial charge is 0.493 e. The maximum absolute atomic E-state index is 5.41. The van der Waals surface area contributed by atoms with Crippen molar-refractivity contribution >= 4 is 28.4 Å². The lowest BCUT2D eigenvalue weighted by molar-refractivity contribution is 0.219. The van der Waals surface area contributed by atoms with Crippen LogP contribution in [0.1, 0.15) is 13.8 Å². The minimum Gasteiger partial charge on any atom is -0.493 e. The van der Waals surface area contributed by atoms with Crippen molar-refractivity contribution in [2.75, 3.05) is 18.9 Å². The van der Waals surface area contributed by atoms with Crippen LogP contribution in [0.2, 0.25) is 0 Å². The number of nitrogens with zero attached hydrogens (tertiary/aromatic N) is 1. The SMILES string of the molecule is C/C=C(OC)\C(=C/C(C)SNc1cccc2cnccc12)OC. The van der Waals surface area contributed by atoms with Crippen LogP contribution in [0.4, 0.5) is 5.69 Å². The number of ether oxygens (including phenoxy) is 2. The molecule has 0 saturated heterocycles. The molecule has 1 unspecified atom stereocenters. The number of benzene rings is 1. The minimum atomic E-state index is 0.201. The summed E-state index contributed by atoms with van der Waals surface area (Å²) in [6.07, 6.45) is 7.59. The summed E-state index contributed by atoms with van der Waals surface area (Å²) in [6, 6.07) is 8.16. The summed E-state index contributed by atoms with van der Waals surface area (Å²) in [4.78, 5) is 4.16. The number of methoxy groups -OCH3 is 2.